The predicted octanol–water partition coefficient (Wildman–Crippen LogP) is 3.23. The van der Waals surface area contributed by atoms with Crippen molar-refractivity contribution in [3.63, 3.8) is 0 Å². The van der Waals surface area contributed by atoms with Gasteiger partial charge in [-0.25, -0.2) is 4.99 Å². The smallest absolute Gasteiger partial charge is 0.163 e. The van der Waals surface area contributed by atoms with Gasteiger partial charge in [0.25, 0.3) is 0 Å². The SMILES string of the molecule is COc1cc2c(cc1OCC(C)CN1CCCC1)N=C(N)C21CCC1. The van der Waals surface area contributed by atoms with E-state index in [0.717, 1.165) is 42.4 Å². The van der Waals surface area contributed by atoms with E-state index in [1.54, 1.807) is 7.11 Å². The van der Waals surface area contributed by atoms with Crippen molar-refractivity contribution in [2.45, 2.75) is 44.4 Å². The number of hydrogen-bond acceptors (Lipinski definition) is 5. The van der Waals surface area contributed by atoms with Crippen LogP contribution in [0.15, 0.2) is 17.1 Å². The predicted molar refractivity (Wildman–Crippen MR) is 100 cm³/mol. The average Bonchev–Trinajstić information content (AvgIpc) is 3.15. The highest BCUT2D eigenvalue weighted by Crippen LogP contribution is 2.53. The topological polar surface area (TPSA) is 60.1 Å². The number of nitrogens with two attached hydrogens (primary N) is 1. The lowest BCUT2D eigenvalue weighted by Crippen LogP contribution is -2.44. The zero-order valence-corrected chi connectivity index (χ0v) is 15.4. The maximum atomic E-state index is 6.24. The Morgan fingerprint density at radius 3 is 2.60 bits per heavy atom. The van der Waals surface area contributed by atoms with E-state index >= 15 is 0 Å². The van der Waals surface area contributed by atoms with Gasteiger partial charge in [-0.15, -0.1) is 0 Å². The molecule has 1 saturated heterocycles. The molecule has 1 atom stereocenters. The number of rotatable bonds is 6. The molecule has 5 nitrogen and oxygen atoms in total. The van der Waals surface area contributed by atoms with Crippen LogP contribution in [0.5, 0.6) is 11.5 Å². The molecule has 1 spiro atoms. The van der Waals surface area contributed by atoms with E-state index in [-0.39, 0.29) is 5.41 Å². The van der Waals surface area contributed by atoms with Crippen LogP contribution in [0.2, 0.25) is 0 Å². The lowest BCUT2D eigenvalue weighted by atomic mass is 9.64. The average molecular weight is 343 g/mol. The summed E-state index contributed by atoms with van der Waals surface area (Å²) in [5, 5.41) is 0. The Kier molecular flexibility index (Phi) is 4.36. The second-order valence-electron chi connectivity index (χ2n) is 7.88. The number of methoxy groups -OCH3 is 1. The minimum absolute atomic E-state index is 0.0375. The molecular weight excluding hydrogens is 314 g/mol. The van der Waals surface area contributed by atoms with Crippen molar-refractivity contribution in [2.24, 2.45) is 16.6 Å². The molecule has 2 aliphatic heterocycles. The first-order valence-corrected chi connectivity index (χ1v) is 9.55. The highest BCUT2D eigenvalue weighted by Gasteiger charge is 2.47. The van der Waals surface area contributed by atoms with E-state index in [9.17, 15) is 0 Å². The molecule has 1 unspecified atom stereocenters. The van der Waals surface area contributed by atoms with Gasteiger partial charge in [-0.1, -0.05) is 13.3 Å². The summed E-state index contributed by atoms with van der Waals surface area (Å²) in [4.78, 5) is 7.15. The van der Waals surface area contributed by atoms with Crippen LogP contribution in [-0.4, -0.2) is 44.1 Å². The number of benzene rings is 1. The van der Waals surface area contributed by atoms with Gasteiger partial charge in [0.15, 0.2) is 11.5 Å². The zero-order chi connectivity index (χ0) is 17.4. The molecule has 0 radical (unpaired) electrons. The minimum Gasteiger partial charge on any atom is -0.493 e. The summed E-state index contributed by atoms with van der Waals surface area (Å²) in [6.07, 6.45) is 6.04. The quantitative estimate of drug-likeness (QED) is 0.861. The molecule has 3 aliphatic rings. The van der Waals surface area contributed by atoms with Crippen LogP contribution in [-0.2, 0) is 5.41 Å². The monoisotopic (exact) mass is 343 g/mol. The molecule has 0 aromatic heterocycles. The Labute approximate surface area is 150 Å². The van der Waals surface area contributed by atoms with Crippen molar-refractivity contribution in [3.8, 4) is 11.5 Å². The third kappa shape index (κ3) is 2.88. The molecule has 0 amide bonds. The number of likely N-dealkylation sites (tertiary alicyclic amines) is 1. The number of amidine groups is 1. The van der Waals surface area contributed by atoms with Crippen molar-refractivity contribution in [1.29, 1.82) is 0 Å². The fraction of sp³-hybridized carbons (Fsp3) is 0.650. The molecule has 4 rings (SSSR count). The molecule has 2 N–H and O–H groups in total. The first-order valence-electron chi connectivity index (χ1n) is 9.55. The van der Waals surface area contributed by atoms with Gasteiger partial charge in [-0.3, -0.25) is 0 Å². The Bertz CT molecular complexity index is 676. The van der Waals surface area contributed by atoms with Gasteiger partial charge in [-0.05, 0) is 50.4 Å². The third-order valence-electron chi connectivity index (χ3n) is 6.03. The van der Waals surface area contributed by atoms with Crippen molar-refractivity contribution in [3.05, 3.63) is 17.7 Å². The molecule has 2 fully saturated rings. The van der Waals surface area contributed by atoms with Crippen LogP contribution in [0.25, 0.3) is 0 Å². The molecule has 136 valence electrons. The summed E-state index contributed by atoms with van der Waals surface area (Å²) in [7, 11) is 1.70. The van der Waals surface area contributed by atoms with Crippen LogP contribution in [0.4, 0.5) is 5.69 Å². The van der Waals surface area contributed by atoms with Crippen molar-refractivity contribution in [1.82, 2.24) is 4.90 Å². The molecule has 0 bridgehead atoms. The molecule has 5 heteroatoms. The van der Waals surface area contributed by atoms with Gasteiger partial charge in [0, 0.05) is 18.5 Å². The van der Waals surface area contributed by atoms with Gasteiger partial charge in [0.2, 0.25) is 0 Å². The van der Waals surface area contributed by atoms with Crippen LogP contribution < -0.4 is 15.2 Å². The van der Waals surface area contributed by atoms with Gasteiger partial charge in [0.05, 0.1) is 24.8 Å². The maximum absolute atomic E-state index is 6.24. The molecule has 1 aromatic rings. The van der Waals surface area contributed by atoms with Gasteiger partial charge < -0.3 is 20.1 Å². The van der Waals surface area contributed by atoms with Gasteiger partial charge in [0.1, 0.15) is 5.84 Å². The molecular formula is C20H29N3O2. The fourth-order valence-electron chi connectivity index (χ4n) is 4.42. The number of nitrogens with zero attached hydrogens (tertiary/aromatic N) is 2. The van der Waals surface area contributed by atoms with E-state index in [0.29, 0.717) is 12.5 Å². The summed E-state index contributed by atoms with van der Waals surface area (Å²) < 4.78 is 11.7. The van der Waals surface area contributed by atoms with Crippen molar-refractivity contribution in [2.75, 3.05) is 33.4 Å². The van der Waals surface area contributed by atoms with Crippen LogP contribution in [0.1, 0.15) is 44.6 Å². The fourth-order valence-corrected chi connectivity index (χ4v) is 4.42. The Balaban J connectivity index is 1.47. The van der Waals surface area contributed by atoms with Crippen LogP contribution in [0, 0.1) is 5.92 Å². The van der Waals surface area contributed by atoms with E-state index in [1.807, 2.05) is 6.07 Å². The summed E-state index contributed by atoms with van der Waals surface area (Å²) in [5.41, 5.74) is 8.38. The molecule has 1 saturated carbocycles. The normalized spacial score (nSPS) is 22.4. The van der Waals surface area contributed by atoms with E-state index in [2.05, 4.69) is 22.9 Å². The molecule has 25 heavy (non-hydrogen) atoms. The van der Waals surface area contributed by atoms with Crippen LogP contribution >= 0.6 is 0 Å². The summed E-state index contributed by atoms with van der Waals surface area (Å²) in [5.74, 6) is 2.82. The number of fused-ring (bicyclic) bond motifs is 2. The number of ether oxygens (including phenoxy) is 2. The Morgan fingerprint density at radius 1 is 1.20 bits per heavy atom. The highest BCUT2D eigenvalue weighted by atomic mass is 16.5. The second-order valence-corrected chi connectivity index (χ2v) is 7.88. The lowest BCUT2D eigenvalue weighted by Gasteiger charge is -2.39. The highest BCUT2D eigenvalue weighted by molar-refractivity contribution is 6.00. The summed E-state index contributed by atoms with van der Waals surface area (Å²) >= 11 is 0. The standard InChI is InChI=1S/C20H29N3O2/c1-14(12-23-8-3-4-9-23)13-25-18-11-16-15(10-17(18)24-2)20(6-5-7-20)19(21)22-16/h10-11,14H,3-9,12-13H2,1-2H3,(H2,21,22). The number of hydrogen-bond donors (Lipinski definition) is 1. The first kappa shape index (κ1) is 16.7. The molecule has 1 aromatic carbocycles. The maximum Gasteiger partial charge on any atom is 0.163 e. The van der Waals surface area contributed by atoms with Crippen molar-refractivity contribution >= 4 is 11.5 Å². The van der Waals surface area contributed by atoms with Crippen molar-refractivity contribution < 1.29 is 9.47 Å². The summed E-state index contributed by atoms with van der Waals surface area (Å²) in [6, 6.07) is 4.11. The second kappa shape index (κ2) is 6.52. The van der Waals surface area contributed by atoms with E-state index < -0.39 is 0 Å². The Morgan fingerprint density at radius 2 is 1.96 bits per heavy atom. The van der Waals surface area contributed by atoms with E-state index in [4.69, 9.17) is 15.2 Å². The summed E-state index contributed by atoms with van der Waals surface area (Å²) in [6.45, 7) is 6.49. The largest absolute Gasteiger partial charge is 0.493 e. The zero-order valence-electron chi connectivity index (χ0n) is 15.4. The Hall–Kier alpha value is -1.75. The van der Waals surface area contributed by atoms with Gasteiger partial charge in [-0.2, -0.15) is 0 Å². The third-order valence-corrected chi connectivity index (χ3v) is 6.03. The first-order chi connectivity index (χ1) is 12.1. The molecule has 1 aliphatic carbocycles. The van der Waals surface area contributed by atoms with E-state index in [1.165, 1.54) is 37.9 Å². The molecule has 2 heterocycles. The minimum atomic E-state index is -0.0375. The van der Waals surface area contributed by atoms with Crippen LogP contribution in [0.3, 0.4) is 0 Å². The number of aliphatic imine (C=N–C) groups is 1. The lowest BCUT2D eigenvalue weighted by molar-refractivity contribution is 0.201. The van der Waals surface area contributed by atoms with Gasteiger partial charge >= 0.3 is 0 Å².